The Labute approximate surface area is 161 Å². The quantitative estimate of drug-likeness (QED) is 0.800. The second-order valence-corrected chi connectivity index (χ2v) is 9.72. The Morgan fingerprint density at radius 2 is 1.77 bits per heavy atom. The van der Waals surface area contributed by atoms with Crippen LogP contribution in [0, 0.1) is 17.3 Å². The number of rotatable bonds is 4. The molecular weight excluding hydrogens is 340 g/mol. The molecule has 0 aliphatic heterocycles. The van der Waals surface area contributed by atoms with E-state index in [1.54, 1.807) is 0 Å². The van der Waals surface area contributed by atoms with Crippen molar-refractivity contribution in [3.05, 3.63) is 64.4 Å². The minimum absolute atomic E-state index is 0.361. The number of hydrogen-bond acceptors (Lipinski definition) is 2. The maximum Gasteiger partial charge on any atom is 0.0412 e. The van der Waals surface area contributed by atoms with Gasteiger partial charge < -0.3 is 5.73 Å². The van der Waals surface area contributed by atoms with E-state index in [1.807, 2.05) is 12.3 Å². The topological polar surface area (TPSA) is 38.9 Å². The van der Waals surface area contributed by atoms with Gasteiger partial charge >= 0.3 is 0 Å². The van der Waals surface area contributed by atoms with Crippen LogP contribution in [0.2, 0.25) is 5.02 Å². The molecule has 0 amide bonds. The van der Waals surface area contributed by atoms with Gasteiger partial charge in [0.1, 0.15) is 0 Å². The van der Waals surface area contributed by atoms with Crippen LogP contribution in [-0.4, -0.2) is 4.98 Å². The highest BCUT2D eigenvalue weighted by atomic mass is 35.5. The Kier molecular flexibility index (Phi) is 3.92. The van der Waals surface area contributed by atoms with Gasteiger partial charge in [-0.05, 0) is 103 Å². The van der Waals surface area contributed by atoms with Gasteiger partial charge in [-0.15, -0.1) is 0 Å². The number of nitrogens with zero attached hydrogens (tertiary/aromatic N) is 1. The molecule has 4 aliphatic rings. The molecule has 2 N–H and O–H groups in total. The summed E-state index contributed by atoms with van der Waals surface area (Å²) in [5.74, 6) is 1.76. The molecule has 0 saturated heterocycles. The van der Waals surface area contributed by atoms with Crippen LogP contribution >= 0.6 is 11.6 Å². The molecule has 0 radical (unpaired) electrons. The van der Waals surface area contributed by atoms with Crippen LogP contribution in [0.5, 0.6) is 0 Å². The summed E-state index contributed by atoms with van der Waals surface area (Å²) in [5.41, 5.74) is 10.6. The first kappa shape index (κ1) is 16.8. The van der Waals surface area contributed by atoms with Crippen LogP contribution < -0.4 is 5.73 Å². The van der Waals surface area contributed by atoms with E-state index >= 15 is 0 Å². The third kappa shape index (κ3) is 2.78. The molecule has 2 atom stereocenters. The highest BCUT2D eigenvalue weighted by molar-refractivity contribution is 6.30. The SMILES string of the molecule is NCc1ccnc(CC23CC4CC(C2)CC(c2ccc(Cl)cc2)(C4)C3)c1. The molecule has 4 fully saturated rings. The van der Waals surface area contributed by atoms with Crippen molar-refractivity contribution < 1.29 is 0 Å². The summed E-state index contributed by atoms with van der Waals surface area (Å²) >= 11 is 6.16. The molecule has 1 heterocycles. The van der Waals surface area contributed by atoms with Gasteiger partial charge in [-0.1, -0.05) is 23.7 Å². The van der Waals surface area contributed by atoms with E-state index in [4.69, 9.17) is 22.3 Å². The van der Waals surface area contributed by atoms with Crippen LogP contribution in [0.25, 0.3) is 0 Å². The van der Waals surface area contributed by atoms with Crippen molar-refractivity contribution in [2.45, 2.75) is 56.9 Å². The van der Waals surface area contributed by atoms with E-state index in [0.717, 1.165) is 23.3 Å². The lowest BCUT2D eigenvalue weighted by molar-refractivity contribution is -0.0721. The Hall–Kier alpha value is -1.38. The first-order valence-electron chi connectivity index (χ1n) is 9.98. The molecule has 6 rings (SSSR count). The van der Waals surface area contributed by atoms with Gasteiger partial charge in [-0.3, -0.25) is 4.98 Å². The van der Waals surface area contributed by atoms with E-state index in [1.165, 1.54) is 55.3 Å². The molecule has 3 heteroatoms. The minimum Gasteiger partial charge on any atom is -0.326 e. The van der Waals surface area contributed by atoms with Gasteiger partial charge in [-0.2, -0.15) is 0 Å². The minimum atomic E-state index is 0.361. The summed E-state index contributed by atoms with van der Waals surface area (Å²) in [4.78, 5) is 4.70. The zero-order valence-electron chi connectivity index (χ0n) is 15.3. The van der Waals surface area contributed by atoms with Crippen molar-refractivity contribution in [2.75, 3.05) is 0 Å². The molecule has 1 aromatic heterocycles. The molecule has 4 bridgehead atoms. The molecule has 4 aliphatic carbocycles. The van der Waals surface area contributed by atoms with E-state index < -0.39 is 0 Å². The molecule has 26 heavy (non-hydrogen) atoms. The zero-order chi connectivity index (χ0) is 17.8. The maximum absolute atomic E-state index is 6.16. The van der Waals surface area contributed by atoms with Crippen LogP contribution in [0.1, 0.15) is 55.3 Å². The average molecular weight is 367 g/mol. The van der Waals surface area contributed by atoms with Crippen LogP contribution in [-0.2, 0) is 18.4 Å². The van der Waals surface area contributed by atoms with Crippen molar-refractivity contribution >= 4 is 11.6 Å². The third-order valence-corrected chi connectivity index (χ3v) is 7.56. The fourth-order valence-electron chi connectivity index (χ4n) is 6.94. The highest BCUT2D eigenvalue weighted by Crippen LogP contribution is 2.66. The van der Waals surface area contributed by atoms with Crippen molar-refractivity contribution in [2.24, 2.45) is 23.0 Å². The van der Waals surface area contributed by atoms with Gasteiger partial charge in [0.15, 0.2) is 0 Å². The van der Waals surface area contributed by atoms with Crippen LogP contribution in [0.3, 0.4) is 0 Å². The van der Waals surface area contributed by atoms with E-state index in [-0.39, 0.29) is 0 Å². The normalized spacial score (nSPS) is 35.0. The first-order chi connectivity index (χ1) is 12.6. The Bertz CT molecular complexity index is 799. The lowest BCUT2D eigenvalue weighted by atomic mass is 9.42. The van der Waals surface area contributed by atoms with Gasteiger partial charge in [-0.25, -0.2) is 0 Å². The largest absolute Gasteiger partial charge is 0.326 e. The number of halogens is 1. The molecule has 136 valence electrons. The summed E-state index contributed by atoms with van der Waals surface area (Å²) in [6.45, 7) is 0.600. The fraction of sp³-hybridized carbons (Fsp3) is 0.522. The Morgan fingerprint density at radius 3 is 2.46 bits per heavy atom. The lowest BCUT2D eigenvalue weighted by Gasteiger charge is -2.62. The van der Waals surface area contributed by atoms with Crippen LogP contribution in [0.15, 0.2) is 42.6 Å². The predicted octanol–water partition coefficient (Wildman–Crippen LogP) is 5.27. The van der Waals surface area contributed by atoms with Gasteiger partial charge in [0.05, 0.1) is 0 Å². The van der Waals surface area contributed by atoms with Gasteiger partial charge in [0.2, 0.25) is 0 Å². The Balaban J connectivity index is 1.49. The standard InChI is InChI=1S/C23H27ClN2/c24-20-3-1-19(2-4-20)23-11-17-7-18(12-23)10-22(9-17,15-23)13-21-8-16(14-25)5-6-26-21/h1-6,8,17-18H,7,9-15,25H2. The van der Waals surface area contributed by atoms with E-state index in [2.05, 4.69) is 30.3 Å². The van der Waals surface area contributed by atoms with E-state index in [0.29, 0.717) is 17.4 Å². The number of aromatic nitrogens is 1. The molecule has 1 aromatic carbocycles. The number of nitrogens with two attached hydrogens (primary N) is 1. The van der Waals surface area contributed by atoms with Crippen molar-refractivity contribution in [3.63, 3.8) is 0 Å². The number of hydrogen-bond donors (Lipinski definition) is 1. The average Bonchev–Trinajstić information content (AvgIpc) is 2.61. The number of benzene rings is 1. The third-order valence-electron chi connectivity index (χ3n) is 7.31. The summed E-state index contributed by atoms with van der Waals surface area (Å²) < 4.78 is 0. The maximum atomic E-state index is 6.16. The summed E-state index contributed by atoms with van der Waals surface area (Å²) in [6.07, 6.45) is 11.3. The number of pyridine rings is 1. The first-order valence-corrected chi connectivity index (χ1v) is 10.4. The van der Waals surface area contributed by atoms with Crippen molar-refractivity contribution in [1.29, 1.82) is 0 Å². The second kappa shape index (κ2) is 6.07. The zero-order valence-corrected chi connectivity index (χ0v) is 16.0. The molecule has 2 aromatic rings. The fourth-order valence-corrected chi connectivity index (χ4v) is 7.06. The summed E-state index contributed by atoms with van der Waals surface area (Å²) in [6, 6.07) is 13.0. The monoisotopic (exact) mass is 366 g/mol. The molecular formula is C23H27ClN2. The molecule has 0 spiro atoms. The van der Waals surface area contributed by atoms with Crippen LogP contribution in [0.4, 0.5) is 0 Å². The summed E-state index contributed by atoms with van der Waals surface area (Å²) in [7, 11) is 0. The predicted molar refractivity (Wildman–Crippen MR) is 106 cm³/mol. The lowest BCUT2D eigenvalue weighted by Crippen LogP contribution is -2.54. The highest BCUT2D eigenvalue weighted by Gasteiger charge is 2.57. The van der Waals surface area contributed by atoms with E-state index in [9.17, 15) is 0 Å². The second-order valence-electron chi connectivity index (χ2n) is 9.28. The van der Waals surface area contributed by atoms with Gasteiger partial charge in [0, 0.05) is 23.5 Å². The van der Waals surface area contributed by atoms with Gasteiger partial charge in [0.25, 0.3) is 0 Å². The molecule has 2 nitrogen and oxygen atoms in total. The van der Waals surface area contributed by atoms with Crippen molar-refractivity contribution in [3.8, 4) is 0 Å². The van der Waals surface area contributed by atoms with Crippen molar-refractivity contribution in [1.82, 2.24) is 4.98 Å². The Morgan fingerprint density at radius 1 is 1.04 bits per heavy atom. The molecule has 4 saturated carbocycles. The smallest absolute Gasteiger partial charge is 0.0412 e. The summed E-state index contributed by atoms with van der Waals surface area (Å²) in [5, 5.41) is 0.844. The molecule has 2 unspecified atom stereocenters.